The van der Waals surface area contributed by atoms with Gasteiger partial charge in [0.15, 0.2) is 0 Å². The van der Waals surface area contributed by atoms with E-state index in [4.69, 9.17) is 0 Å². The molecule has 0 unspecified atom stereocenters. The minimum Gasteiger partial charge on any atom is -0.271 e. The molecule has 0 aliphatic heterocycles. The molecule has 1 N–H and O–H groups in total. The molecule has 3 aromatic rings. The lowest BCUT2D eigenvalue weighted by Crippen LogP contribution is -2.25. The maximum Gasteiger partial charge on any atom is 0.261 e. The van der Waals surface area contributed by atoms with Gasteiger partial charge in [0.2, 0.25) is 0 Å². The van der Waals surface area contributed by atoms with Crippen molar-refractivity contribution in [3.05, 3.63) is 59.9 Å². The monoisotopic (exact) mass is 325 g/mol. The van der Waals surface area contributed by atoms with Gasteiger partial charge in [0.05, 0.1) is 11.2 Å². The Morgan fingerprint density at radius 2 is 1.96 bits per heavy atom. The average molecular weight is 325 g/mol. The lowest BCUT2D eigenvalue weighted by Gasteiger charge is -2.06. The Morgan fingerprint density at radius 1 is 1.21 bits per heavy atom. The van der Waals surface area contributed by atoms with Gasteiger partial charge < -0.3 is 0 Å². The highest BCUT2D eigenvalue weighted by Gasteiger charge is 2.09. The fraction of sp³-hybridized carbons (Fsp3) is 0.176. The molecule has 0 aliphatic carbocycles. The van der Waals surface area contributed by atoms with E-state index < -0.39 is 0 Å². The molecule has 0 radical (unpaired) electrons. The lowest BCUT2D eigenvalue weighted by molar-refractivity contribution is -0.121. The number of hydrogen-bond donors (Lipinski definition) is 1. The van der Waals surface area contributed by atoms with Crippen LogP contribution >= 0.6 is 0 Å². The molecule has 0 saturated heterocycles. The van der Waals surface area contributed by atoms with Crippen LogP contribution < -0.4 is 5.43 Å². The summed E-state index contributed by atoms with van der Waals surface area (Å²) < 4.78 is 14.5. The summed E-state index contributed by atoms with van der Waals surface area (Å²) in [5.74, 6) is -0.616. The van der Waals surface area contributed by atoms with Gasteiger partial charge in [-0.05, 0) is 36.2 Å². The van der Waals surface area contributed by atoms with Gasteiger partial charge in [-0.2, -0.15) is 5.10 Å². The summed E-state index contributed by atoms with van der Waals surface area (Å²) in [6.07, 6.45) is 0.609. The molecule has 0 atom stereocenters. The van der Waals surface area contributed by atoms with Gasteiger partial charge in [-0.1, -0.05) is 36.4 Å². The van der Waals surface area contributed by atoms with Crippen LogP contribution in [0, 0.1) is 5.82 Å². The molecule has 1 amide bonds. The van der Waals surface area contributed by atoms with Crippen LogP contribution in [0.4, 0.5) is 4.39 Å². The van der Waals surface area contributed by atoms with E-state index in [1.54, 1.807) is 12.1 Å². The summed E-state index contributed by atoms with van der Waals surface area (Å²) in [5.41, 5.74) is 5.47. The van der Waals surface area contributed by atoms with Crippen molar-refractivity contribution >= 4 is 22.7 Å². The van der Waals surface area contributed by atoms with Crippen molar-refractivity contribution in [2.75, 3.05) is 0 Å². The minimum atomic E-state index is -0.309. The predicted molar refractivity (Wildman–Crippen MR) is 88.9 cm³/mol. The molecule has 1 aromatic heterocycles. The van der Waals surface area contributed by atoms with E-state index in [0.29, 0.717) is 12.1 Å². The van der Waals surface area contributed by atoms with Crippen molar-refractivity contribution in [3.63, 3.8) is 0 Å². The van der Waals surface area contributed by atoms with Crippen molar-refractivity contribution in [1.82, 2.24) is 20.4 Å². The Morgan fingerprint density at radius 3 is 2.71 bits per heavy atom. The summed E-state index contributed by atoms with van der Waals surface area (Å²) in [6.45, 7) is 1.93. The molecular weight excluding hydrogens is 309 g/mol. The van der Waals surface area contributed by atoms with E-state index in [2.05, 4.69) is 20.8 Å². The predicted octanol–water partition coefficient (Wildman–Crippen LogP) is 2.50. The Labute approximate surface area is 138 Å². The maximum atomic E-state index is 13.0. The molecule has 7 heteroatoms. The molecular formula is C17H16FN5O. The number of carbonyl (C=O) groups excluding carboxylic acids is 1. The fourth-order valence-corrected chi connectivity index (χ4v) is 2.33. The molecule has 122 valence electrons. The molecule has 0 bridgehead atoms. The molecule has 3 rings (SSSR count). The number of nitrogens with one attached hydrogen (secondary N) is 1. The van der Waals surface area contributed by atoms with Crippen molar-refractivity contribution in [1.29, 1.82) is 0 Å². The van der Waals surface area contributed by atoms with Crippen LogP contribution in [0.1, 0.15) is 18.9 Å². The lowest BCUT2D eigenvalue weighted by atomic mass is 10.1. The number of aromatic nitrogens is 3. The first-order chi connectivity index (χ1) is 11.7. The van der Waals surface area contributed by atoms with Gasteiger partial charge >= 0.3 is 0 Å². The van der Waals surface area contributed by atoms with Gasteiger partial charge in [0, 0.05) is 0 Å². The quantitative estimate of drug-likeness (QED) is 0.579. The van der Waals surface area contributed by atoms with Crippen LogP contribution in [-0.2, 0) is 11.3 Å². The molecule has 0 saturated carbocycles. The smallest absolute Gasteiger partial charge is 0.261 e. The second-order valence-corrected chi connectivity index (χ2v) is 5.19. The third kappa shape index (κ3) is 3.45. The standard InChI is InChI=1S/C17H16FN5O/c1-2-14(12-7-9-13(18)10-8-12)19-21-17(24)11-23-16-6-4-3-5-15(16)20-22-23/h3-10H,2,11H2,1H3,(H,21,24)/b19-14-. The molecule has 1 heterocycles. The Hall–Kier alpha value is -3.09. The molecule has 24 heavy (non-hydrogen) atoms. The maximum absolute atomic E-state index is 13.0. The van der Waals surface area contributed by atoms with Gasteiger partial charge in [-0.25, -0.2) is 14.5 Å². The zero-order valence-electron chi connectivity index (χ0n) is 13.1. The van der Waals surface area contributed by atoms with Gasteiger partial charge in [0.1, 0.15) is 17.9 Å². The van der Waals surface area contributed by atoms with Crippen LogP contribution in [0.15, 0.2) is 53.6 Å². The SMILES string of the molecule is CC/C(=N/NC(=O)Cn1nnc2ccccc21)c1ccc(F)cc1. The second-order valence-electron chi connectivity index (χ2n) is 5.19. The number of nitrogens with zero attached hydrogens (tertiary/aromatic N) is 4. The average Bonchev–Trinajstić information content (AvgIpc) is 3.00. The zero-order chi connectivity index (χ0) is 16.9. The zero-order valence-corrected chi connectivity index (χ0v) is 13.1. The van der Waals surface area contributed by atoms with Crippen molar-refractivity contribution in [2.45, 2.75) is 19.9 Å². The van der Waals surface area contributed by atoms with Crippen LogP contribution in [0.5, 0.6) is 0 Å². The summed E-state index contributed by atoms with van der Waals surface area (Å²) in [7, 11) is 0. The third-order valence-corrected chi connectivity index (χ3v) is 3.54. The summed E-state index contributed by atoms with van der Waals surface area (Å²) in [6, 6.07) is 13.4. The third-order valence-electron chi connectivity index (χ3n) is 3.54. The molecule has 0 fully saturated rings. The highest BCUT2D eigenvalue weighted by atomic mass is 19.1. The number of hydrogen-bond acceptors (Lipinski definition) is 4. The first-order valence-corrected chi connectivity index (χ1v) is 7.57. The number of amides is 1. The summed E-state index contributed by atoms with van der Waals surface area (Å²) in [4.78, 5) is 12.1. The van der Waals surface area contributed by atoms with Gasteiger partial charge in [-0.3, -0.25) is 4.79 Å². The fourth-order valence-electron chi connectivity index (χ4n) is 2.33. The Balaban J connectivity index is 1.70. The van der Waals surface area contributed by atoms with E-state index in [1.165, 1.54) is 16.8 Å². The van der Waals surface area contributed by atoms with Gasteiger partial charge in [0.25, 0.3) is 5.91 Å². The van der Waals surface area contributed by atoms with Crippen LogP contribution in [0.25, 0.3) is 11.0 Å². The van der Waals surface area contributed by atoms with Crippen LogP contribution in [0.2, 0.25) is 0 Å². The largest absolute Gasteiger partial charge is 0.271 e. The number of benzene rings is 2. The topological polar surface area (TPSA) is 72.2 Å². The van der Waals surface area contributed by atoms with Crippen molar-refractivity contribution < 1.29 is 9.18 Å². The number of carbonyl (C=O) groups is 1. The first kappa shape index (κ1) is 15.8. The Kier molecular flexibility index (Phi) is 4.60. The van der Waals surface area contributed by atoms with E-state index >= 15 is 0 Å². The number of hydrazone groups is 1. The van der Waals surface area contributed by atoms with Crippen LogP contribution in [0.3, 0.4) is 0 Å². The van der Waals surface area contributed by atoms with E-state index in [-0.39, 0.29) is 18.3 Å². The highest BCUT2D eigenvalue weighted by Crippen LogP contribution is 2.09. The number of halogens is 1. The molecule has 0 spiro atoms. The number of para-hydroxylation sites is 1. The van der Waals surface area contributed by atoms with E-state index in [1.807, 2.05) is 31.2 Å². The minimum absolute atomic E-state index is 0.0183. The number of fused-ring (bicyclic) bond motifs is 1. The van der Waals surface area contributed by atoms with E-state index in [0.717, 1.165) is 16.6 Å². The van der Waals surface area contributed by atoms with Gasteiger partial charge in [-0.15, -0.1) is 5.10 Å². The van der Waals surface area contributed by atoms with E-state index in [9.17, 15) is 9.18 Å². The van der Waals surface area contributed by atoms with Crippen molar-refractivity contribution in [2.24, 2.45) is 5.10 Å². The first-order valence-electron chi connectivity index (χ1n) is 7.57. The highest BCUT2D eigenvalue weighted by molar-refractivity contribution is 6.00. The summed E-state index contributed by atoms with van der Waals surface area (Å²) in [5, 5.41) is 12.1. The molecule has 6 nitrogen and oxygen atoms in total. The normalized spacial score (nSPS) is 11.7. The van der Waals surface area contributed by atoms with Crippen LogP contribution in [-0.4, -0.2) is 26.6 Å². The number of rotatable bonds is 5. The Bertz CT molecular complexity index is 885. The summed E-state index contributed by atoms with van der Waals surface area (Å²) >= 11 is 0. The molecule has 2 aromatic carbocycles. The second kappa shape index (κ2) is 6.99. The van der Waals surface area contributed by atoms with Crippen molar-refractivity contribution in [3.8, 4) is 0 Å². The molecule has 0 aliphatic rings.